The molecule has 0 radical (unpaired) electrons. The summed E-state index contributed by atoms with van der Waals surface area (Å²) in [5.74, 6) is 1.10. The second-order valence-corrected chi connectivity index (χ2v) is 7.21. The molecule has 1 aliphatic carbocycles. The monoisotopic (exact) mass is 400 g/mol. The number of rotatable bonds is 7. The number of halogens is 2. The maximum absolute atomic E-state index is 12.2. The summed E-state index contributed by atoms with van der Waals surface area (Å²) in [5, 5.41) is 10.8. The van der Waals surface area contributed by atoms with E-state index in [4.69, 9.17) is 40.2 Å². The molecule has 25 heavy (non-hydrogen) atoms. The second kappa shape index (κ2) is 7.76. The molecule has 3 rings (SSSR count). The van der Waals surface area contributed by atoms with Crippen LogP contribution in [0.1, 0.15) is 31.6 Å². The lowest BCUT2D eigenvalue weighted by Gasteiger charge is -2.15. The molecule has 6 nitrogen and oxygen atoms in total. The highest BCUT2D eigenvalue weighted by Crippen LogP contribution is 2.35. The van der Waals surface area contributed by atoms with Gasteiger partial charge in [0.2, 0.25) is 0 Å². The van der Waals surface area contributed by atoms with Gasteiger partial charge in [0.25, 0.3) is 5.91 Å². The molecule has 9 heteroatoms. The lowest BCUT2D eigenvalue weighted by molar-refractivity contribution is -0.127. The van der Waals surface area contributed by atoms with E-state index in [1.807, 2.05) is 4.57 Å². The fraction of sp³-hybridized carbons (Fsp3) is 0.438. The molecule has 1 heterocycles. The molecule has 1 aliphatic rings. The van der Waals surface area contributed by atoms with Gasteiger partial charge in [-0.25, -0.2) is 0 Å². The smallest absolute Gasteiger partial charge is 0.260 e. The highest BCUT2D eigenvalue weighted by atomic mass is 35.5. The van der Waals surface area contributed by atoms with E-state index in [1.165, 1.54) is 0 Å². The molecule has 2 aromatic rings. The van der Waals surface area contributed by atoms with Crippen LogP contribution in [-0.2, 0) is 11.2 Å². The van der Waals surface area contributed by atoms with E-state index < -0.39 is 6.10 Å². The Morgan fingerprint density at radius 2 is 2.12 bits per heavy atom. The summed E-state index contributed by atoms with van der Waals surface area (Å²) >= 11 is 17.1. The fourth-order valence-corrected chi connectivity index (χ4v) is 3.32. The maximum Gasteiger partial charge on any atom is 0.260 e. The zero-order valence-electron chi connectivity index (χ0n) is 13.6. The average molecular weight is 401 g/mol. The van der Waals surface area contributed by atoms with Crippen LogP contribution in [0.2, 0.25) is 10.0 Å². The first-order valence-electron chi connectivity index (χ1n) is 8.00. The van der Waals surface area contributed by atoms with Crippen molar-refractivity contribution in [3.8, 4) is 5.75 Å². The van der Waals surface area contributed by atoms with E-state index in [1.54, 1.807) is 25.1 Å². The first-order valence-corrected chi connectivity index (χ1v) is 9.16. The van der Waals surface area contributed by atoms with Crippen molar-refractivity contribution in [3.63, 3.8) is 0 Å². The van der Waals surface area contributed by atoms with Crippen molar-refractivity contribution >= 4 is 41.3 Å². The van der Waals surface area contributed by atoms with Gasteiger partial charge in [0.05, 0.1) is 0 Å². The Morgan fingerprint density at radius 1 is 1.44 bits per heavy atom. The highest BCUT2D eigenvalue weighted by Gasteiger charge is 2.27. The fourth-order valence-electron chi connectivity index (χ4n) is 2.52. The number of hydrogen-bond donors (Lipinski definition) is 2. The van der Waals surface area contributed by atoms with Crippen molar-refractivity contribution in [1.29, 1.82) is 0 Å². The standard InChI is InChI=1S/C16H18Cl2N4O2S/c1-9(24-13-7-10(17)6-11(18)8-13)15(23)19-5-4-14-20-21-16(25)22(14)12-2-3-12/h6-9,12H,2-5H2,1H3,(H,19,23)(H,21,25). The lowest BCUT2D eigenvalue weighted by Crippen LogP contribution is -2.37. The highest BCUT2D eigenvalue weighted by molar-refractivity contribution is 7.71. The number of ether oxygens (including phenoxy) is 1. The van der Waals surface area contributed by atoms with Gasteiger partial charge < -0.3 is 14.6 Å². The summed E-state index contributed by atoms with van der Waals surface area (Å²) in [7, 11) is 0. The summed E-state index contributed by atoms with van der Waals surface area (Å²) in [5.41, 5.74) is 0. The number of H-pyrrole nitrogens is 1. The van der Waals surface area contributed by atoms with Gasteiger partial charge in [0.15, 0.2) is 10.9 Å². The summed E-state index contributed by atoms with van der Waals surface area (Å²) < 4.78 is 8.27. The third kappa shape index (κ3) is 4.74. The molecule has 1 amide bonds. The molecule has 1 atom stereocenters. The minimum Gasteiger partial charge on any atom is -0.481 e. The Hall–Kier alpha value is -1.57. The van der Waals surface area contributed by atoms with E-state index in [0.29, 0.717) is 39.6 Å². The van der Waals surface area contributed by atoms with E-state index in [0.717, 1.165) is 18.7 Å². The van der Waals surface area contributed by atoms with Gasteiger partial charge in [0.1, 0.15) is 11.6 Å². The third-order valence-electron chi connectivity index (χ3n) is 3.86. The molecular weight excluding hydrogens is 383 g/mol. The van der Waals surface area contributed by atoms with E-state index in [2.05, 4.69) is 15.5 Å². The van der Waals surface area contributed by atoms with Gasteiger partial charge in [-0.1, -0.05) is 23.2 Å². The Labute approximate surface area is 160 Å². The SMILES string of the molecule is CC(Oc1cc(Cl)cc(Cl)c1)C(=O)NCCc1n[nH]c(=S)n1C1CC1. The number of nitrogens with zero attached hydrogens (tertiary/aromatic N) is 2. The van der Waals surface area contributed by atoms with Crippen molar-refractivity contribution in [3.05, 3.63) is 38.8 Å². The van der Waals surface area contributed by atoms with Crippen LogP contribution in [0.5, 0.6) is 5.75 Å². The van der Waals surface area contributed by atoms with Crippen molar-refractivity contribution < 1.29 is 9.53 Å². The van der Waals surface area contributed by atoms with Crippen molar-refractivity contribution in [2.45, 2.75) is 38.3 Å². The molecule has 1 aromatic heterocycles. The van der Waals surface area contributed by atoms with Crippen LogP contribution in [-0.4, -0.2) is 33.3 Å². The normalized spacial score (nSPS) is 15.0. The minimum absolute atomic E-state index is 0.219. The third-order valence-corrected chi connectivity index (χ3v) is 4.58. The molecule has 1 unspecified atom stereocenters. The van der Waals surface area contributed by atoms with Crippen LogP contribution in [0.4, 0.5) is 0 Å². The summed E-state index contributed by atoms with van der Waals surface area (Å²) in [6.45, 7) is 2.12. The van der Waals surface area contributed by atoms with Crippen LogP contribution in [0.3, 0.4) is 0 Å². The molecule has 0 bridgehead atoms. The Kier molecular flexibility index (Phi) is 5.66. The van der Waals surface area contributed by atoms with Gasteiger partial charge >= 0.3 is 0 Å². The minimum atomic E-state index is -0.668. The van der Waals surface area contributed by atoms with Crippen LogP contribution in [0, 0.1) is 4.77 Å². The van der Waals surface area contributed by atoms with E-state index >= 15 is 0 Å². The van der Waals surface area contributed by atoms with Crippen LogP contribution >= 0.6 is 35.4 Å². The zero-order valence-corrected chi connectivity index (χ0v) is 15.9. The second-order valence-electron chi connectivity index (χ2n) is 5.95. The molecule has 1 aromatic carbocycles. The largest absolute Gasteiger partial charge is 0.481 e. The van der Waals surface area contributed by atoms with Crippen molar-refractivity contribution in [2.24, 2.45) is 0 Å². The molecule has 0 saturated heterocycles. The van der Waals surface area contributed by atoms with Gasteiger partial charge in [-0.05, 0) is 50.2 Å². The molecule has 0 aliphatic heterocycles. The first-order chi connectivity index (χ1) is 11.9. The number of benzene rings is 1. The molecular formula is C16H18Cl2N4O2S. The number of carbonyl (C=O) groups is 1. The quantitative estimate of drug-likeness (QED) is 0.694. The van der Waals surface area contributed by atoms with Gasteiger partial charge in [-0.2, -0.15) is 5.10 Å². The lowest BCUT2D eigenvalue weighted by atomic mass is 10.3. The number of amides is 1. The van der Waals surface area contributed by atoms with Gasteiger partial charge in [-0.15, -0.1) is 0 Å². The average Bonchev–Trinajstić information content (AvgIpc) is 3.30. The van der Waals surface area contributed by atoms with Crippen LogP contribution in [0.25, 0.3) is 0 Å². The summed E-state index contributed by atoms with van der Waals surface area (Å²) in [4.78, 5) is 12.2. The number of hydrogen-bond acceptors (Lipinski definition) is 4. The molecule has 134 valence electrons. The Balaban J connectivity index is 1.51. The molecule has 0 spiro atoms. The summed E-state index contributed by atoms with van der Waals surface area (Å²) in [6.07, 6.45) is 2.19. The molecule has 2 N–H and O–H groups in total. The molecule has 1 fully saturated rings. The van der Waals surface area contributed by atoms with Crippen molar-refractivity contribution in [1.82, 2.24) is 20.1 Å². The predicted molar refractivity (Wildman–Crippen MR) is 98.9 cm³/mol. The van der Waals surface area contributed by atoms with E-state index in [-0.39, 0.29) is 5.91 Å². The predicted octanol–water partition coefficient (Wildman–Crippen LogP) is 3.71. The zero-order chi connectivity index (χ0) is 18.0. The number of carbonyl (C=O) groups excluding carboxylic acids is 1. The topological polar surface area (TPSA) is 71.9 Å². The van der Waals surface area contributed by atoms with Gasteiger partial charge in [-0.3, -0.25) is 9.89 Å². The first kappa shape index (κ1) is 18.2. The maximum atomic E-state index is 12.2. The summed E-state index contributed by atoms with van der Waals surface area (Å²) in [6, 6.07) is 5.29. The number of aromatic nitrogens is 3. The number of aromatic amines is 1. The Morgan fingerprint density at radius 3 is 2.76 bits per heavy atom. The van der Waals surface area contributed by atoms with Crippen LogP contribution in [0.15, 0.2) is 18.2 Å². The number of nitrogens with one attached hydrogen (secondary N) is 2. The van der Waals surface area contributed by atoms with Crippen molar-refractivity contribution in [2.75, 3.05) is 6.54 Å². The van der Waals surface area contributed by atoms with Crippen LogP contribution < -0.4 is 10.1 Å². The van der Waals surface area contributed by atoms with Gasteiger partial charge in [0, 0.05) is 29.1 Å². The molecule has 1 saturated carbocycles. The Bertz CT molecular complexity index is 812. The van der Waals surface area contributed by atoms with E-state index in [9.17, 15) is 4.79 Å².